The molecule has 3 aromatic rings. The second kappa shape index (κ2) is 8.78. The second-order valence-electron chi connectivity index (χ2n) is 7.96. The molecular formula is C23H25NO6S. The minimum absolute atomic E-state index is 0.0125. The van der Waals surface area contributed by atoms with Gasteiger partial charge in [-0.2, -0.15) is 11.8 Å². The SMILES string of the molecule is CSC[C@H](NC(=O)CCc1c(C)c2cc3c4c(oc3cc2oc1=O)CCCC4)C(=O)O. The lowest BCUT2D eigenvalue weighted by Crippen LogP contribution is -2.42. The molecule has 4 rings (SSSR count). The number of amides is 1. The maximum absolute atomic E-state index is 12.6. The fraction of sp³-hybridized carbons (Fsp3) is 0.435. The summed E-state index contributed by atoms with van der Waals surface area (Å²) in [6.07, 6.45) is 6.14. The minimum atomic E-state index is -1.07. The van der Waals surface area contributed by atoms with Crippen LogP contribution in [0, 0.1) is 6.92 Å². The van der Waals surface area contributed by atoms with Crippen molar-refractivity contribution in [2.75, 3.05) is 12.0 Å². The van der Waals surface area contributed by atoms with Gasteiger partial charge in [-0.15, -0.1) is 0 Å². The third kappa shape index (κ3) is 4.21. The summed E-state index contributed by atoms with van der Waals surface area (Å²) in [5.74, 6) is -0.175. The van der Waals surface area contributed by atoms with Crippen molar-refractivity contribution in [3.8, 4) is 0 Å². The first-order chi connectivity index (χ1) is 14.9. The highest BCUT2D eigenvalue weighted by molar-refractivity contribution is 7.98. The number of nitrogens with one attached hydrogen (secondary N) is 1. The molecule has 7 nitrogen and oxygen atoms in total. The van der Waals surface area contributed by atoms with Gasteiger partial charge in [-0.25, -0.2) is 9.59 Å². The van der Waals surface area contributed by atoms with Crippen LogP contribution in [-0.2, 0) is 28.9 Å². The van der Waals surface area contributed by atoms with E-state index in [-0.39, 0.29) is 18.6 Å². The quantitative estimate of drug-likeness (QED) is 0.537. The molecule has 8 heteroatoms. The summed E-state index contributed by atoms with van der Waals surface area (Å²) in [5, 5.41) is 13.6. The lowest BCUT2D eigenvalue weighted by atomic mass is 9.94. The number of benzene rings is 1. The van der Waals surface area contributed by atoms with Gasteiger partial charge in [0.2, 0.25) is 5.91 Å². The van der Waals surface area contributed by atoms with Crippen molar-refractivity contribution in [3.05, 3.63) is 45.0 Å². The first-order valence-electron chi connectivity index (χ1n) is 10.4. The number of carbonyl (C=O) groups excluding carboxylic acids is 1. The third-order valence-corrected chi connectivity index (χ3v) is 6.60. The van der Waals surface area contributed by atoms with Crippen LogP contribution >= 0.6 is 11.8 Å². The first kappa shape index (κ1) is 21.5. The van der Waals surface area contributed by atoms with Crippen molar-refractivity contribution in [1.82, 2.24) is 5.32 Å². The predicted octanol–water partition coefficient (Wildman–Crippen LogP) is 3.59. The Kier molecular flexibility index (Phi) is 6.09. The molecule has 1 aliphatic carbocycles. The van der Waals surface area contributed by atoms with E-state index in [9.17, 15) is 19.5 Å². The third-order valence-electron chi connectivity index (χ3n) is 5.93. The summed E-state index contributed by atoms with van der Waals surface area (Å²) in [6.45, 7) is 1.86. The molecule has 1 aromatic carbocycles. The van der Waals surface area contributed by atoms with Gasteiger partial charge in [0.1, 0.15) is 23.0 Å². The van der Waals surface area contributed by atoms with E-state index in [2.05, 4.69) is 5.32 Å². The Morgan fingerprint density at radius 2 is 1.90 bits per heavy atom. The van der Waals surface area contributed by atoms with Crippen molar-refractivity contribution in [2.45, 2.75) is 51.5 Å². The molecule has 2 aromatic heterocycles. The van der Waals surface area contributed by atoms with E-state index in [1.54, 1.807) is 12.3 Å². The number of carboxylic acid groups (broad SMARTS) is 1. The molecule has 1 atom stereocenters. The minimum Gasteiger partial charge on any atom is -0.480 e. The fourth-order valence-corrected chi connectivity index (χ4v) is 4.84. The molecule has 0 bridgehead atoms. The van der Waals surface area contributed by atoms with E-state index in [4.69, 9.17) is 8.83 Å². The summed E-state index contributed by atoms with van der Waals surface area (Å²) in [6, 6.07) is 2.87. The molecule has 31 heavy (non-hydrogen) atoms. The number of hydrogen-bond acceptors (Lipinski definition) is 6. The van der Waals surface area contributed by atoms with Crippen molar-refractivity contribution < 1.29 is 23.5 Å². The maximum atomic E-state index is 12.6. The summed E-state index contributed by atoms with van der Waals surface area (Å²) in [5.41, 5.74) is 3.19. The van der Waals surface area contributed by atoms with Crippen LogP contribution in [0.4, 0.5) is 0 Å². The van der Waals surface area contributed by atoms with Crippen LogP contribution in [0.25, 0.3) is 21.9 Å². The molecule has 0 radical (unpaired) electrons. The number of aryl methyl sites for hydroxylation is 3. The number of carbonyl (C=O) groups is 2. The number of carboxylic acids is 1. The molecule has 0 spiro atoms. The van der Waals surface area contributed by atoms with Crippen molar-refractivity contribution in [3.63, 3.8) is 0 Å². The van der Waals surface area contributed by atoms with Crippen LogP contribution in [0.5, 0.6) is 0 Å². The van der Waals surface area contributed by atoms with E-state index < -0.39 is 23.5 Å². The van der Waals surface area contributed by atoms with E-state index in [1.807, 2.05) is 13.0 Å². The Bertz CT molecular complexity index is 1220. The van der Waals surface area contributed by atoms with Gasteiger partial charge in [-0.1, -0.05) is 0 Å². The van der Waals surface area contributed by atoms with Crippen LogP contribution in [0.1, 0.15) is 41.7 Å². The van der Waals surface area contributed by atoms with Crippen LogP contribution in [0.3, 0.4) is 0 Å². The molecule has 1 aliphatic rings. The Morgan fingerprint density at radius 3 is 2.65 bits per heavy atom. The number of aliphatic carboxylic acids is 1. The largest absolute Gasteiger partial charge is 0.480 e. The van der Waals surface area contributed by atoms with Gasteiger partial charge in [-0.3, -0.25) is 4.79 Å². The lowest BCUT2D eigenvalue weighted by molar-refractivity contribution is -0.141. The Balaban J connectivity index is 1.62. The molecule has 164 valence electrons. The predicted molar refractivity (Wildman–Crippen MR) is 120 cm³/mol. The van der Waals surface area contributed by atoms with Crippen molar-refractivity contribution >= 4 is 45.6 Å². The van der Waals surface area contributed by atoms with Crippen molar-refractivity contribution in [1.29, 1.82) is 0 Å². The van der Waals surface area contributed by atoms with E-state index in [0.29, 0.717) is 11.1 Å². The molecule has 0 unspecified atom stereocenters. The summed E-state index contributed by atoms with van der Waals surface area (Å²) in [4.78, 5) is 36.1. The molecule has 0 saturated heterocycles. The average Bonchev–Trinajstić information content (AvgIpc) is 3.09. The van der Waals surface area contributed by atoms with Crippen LogP contribution < -0.4 is 10.9 Å². The number of fused-ring (bicyclic) bond motifs is 4. The van der Waals surface area contributed by atoms with E-state index >= 15 is 0 Å². The first-order valence-corrected chi connectivity index (χ1v) is 11.8. The Hall–Kier alpha value is -2.74. The van der Waals surface area contributed by atoms with Gasteiger partial charge in [0, 0.05) is 46.6 Å². The molecule has 0 fully saturated rings. The van der Waals surface area contributed by atoms with Gasteiger partial charge in [0.05, 0.1) is 0 Å². The van der Waals surface area contributed by atoms with Gasteiger partial charge < -0.3 is 19.3 Å². The zero-order valence-corrected chi connectivity index (χ0v) is 18.4. The van der Waals surface area contributed by atoms with Crippen LogP contribution in [0.2, 0.25) is 0 Å². The normalized spacial score (nSPS) is 14.5. The van der Waals surface area contributed by atoms with E-state index in [1.165, 1.54) is 17.3 Å². The molecule has 0 aliphatic heterocycles. The summed E-state index contributed by atoms with van der Waals surface area (Å²) < 4.78 is 11.6. The van der Waals surface area contributed by atoms with Gasteiger partial charge in [-0.05, 0) is 50.5 Å². The standard InChI is InChI=1S/C23H25NO6S/c1-12-13(7-8-21(25)24-17(11-31-2)22(26)27)23(28)30-19-10-20-16(9-15(12)19)14-5-3-4-6-18(14)29-20/h9-10,17H,3-8,11H2,1-2H3,(H,24,25)(H,26,27)/t17-/m0/s1. The van der Waals surface area contributed by atoms with Crippen molar-refractivity contribution in [2.24, 2.45) is 0 Å². The zero-order valence-electron chi connectivity index (χ0n) is 17.6. The van der Waals surface area contributed by atoms with Crippen LogP contribution in [-0.4, -0.2) is 35.0 Å². The molecule has 1 amide bonds. The fourth-order valence-electron chi connectivity index (χ4n) is 4.28. The average molecular weight is 444 g/mol. The highest BCUT2D eigenvalue weighted by atomic mass is 32.2. The summed E-state index contributed by atoms with van der Waals surface area (Å²) >= 11 is 1.34. The molecular weight excluding hydrogens is 418 g/mol. The second-order valence-corrected chi connectivity index (χ2v) is 8.87. The monoisotopic (exact) mass is 443 g/mol. The highest BCUT2D eigenvalue weighted by Gasteiger charge is 2.22. The Morgan fingerprint density at radius 1 is 1.16 bits per heavy atom. The van der Waals surface area contributed by atoms with Gasteiger partial charge in [0.15, 0.2) is 0 Å². The van der Waals surface area contributed by atoms with E-state index in [0.717, 1.165) is 53.4 Å². The van der Waals surface area contributed by atoms with Gasteiger partial charge >= 0.3 is 11.6 Å². The van der Waals surface area contributed by atoms with Gasteiger partial charge in [0.25, 0.3) is 0 Å². The lowest BCUT2D eigenvalue weighted by Gasteiger charge is -2.13. The number of rotatable bonds is 7. The summed E-state index contributed by atoms with van der Waals surface area (Å²) in [7, 11) is 0. The number of furan rings is 1. The molecule has 2 heterocycles. The number of hydrogen-bond donors (Lipinski definition) is 2. The molecule has 2 N–H and O–H groups in total. The smallest absolute Gasteiger partial charge is 0.339 e. The zero-order chi connectivity index (χ0) is 22.1. The Labute approximate surface area is 183 Å². The maximum Gasteiger partial charge on any atom is 0.339 e. The number of thioether (sulfide) groups is 1. The highest BCUT2D eigenvalue weighted by Crippen LogP contribution is 2.35. The molecule has 0 saturated carbocycles. The topological polar surface area (TPSA) is 110 Å². The van der Waals surface area contributed by atoms with Crippen LogP contribution in [0.15, 0.2) is 25.8 Å².